The highest BCUT2D eigenvalue weighted by Crippen LogP contribution is 2.12. The van der Waals surface area contributed by atoms with E-state index in [1.54, 1.807) is 6.92 Å². The van der Waals surface area contributed by atoms with E-state index in [1.165, 1.54) is 7.11 Å². The van der Waals surface area contributed by atoms with Crippen LogP contribution in [-0.2, 0) is 9.53 Å². The summed E-state index contributed by atoms with van der Waals surface area (Å²) >= 11 is 8.62. The highest BCUT2D eigenvalue weighted by Gasteiger charge is 2.20. The predicted molar refractivity (Wildman–Crippen MR) is 40.0 cm³/mol. The lowest BCUT2D eigenvalue weighted by Gasteiger charge is -2.07. The van der Waals surface area contributed by atoms with E-state index in [2.05, 4.69) is 20.7 Å². The van der Waals surface area contributed by atoms with Gasteiger partial charge in [-0.05, 0) is 6.92 Å². The smallest absolute Gasteiger partial charge is 0.320 e. The molecule has 0 radical (unpaired) electrons. The minimum atomic E-state index is -0.399. The Balaban J connectivity index is 3.72. The molecule has 0 rings (SSSR count). The molecule has 0 heterocycles. The number of ether oxygens (including phenoxy) is 1. The summed E-state index contributed by atoms with van der Waals surface area (Å²) in [6.45, 7) is 1.72. The Morgan fingerprint density at radius 3 is 2.33 bits per heavy atom. The molecular formula is C5H8BrClO2. The molecule has 0 aliphatic heterocycles. The number of carbonyl (C=O) groups is 1. The summed E-state index contributed by atoms with van der Waals surface area (Å²) in [6.07, 6.45) is 0. The normalized spacial score (nSPS) is 16.4. The molecule has 0 aromatic carbocycles. The Morgan fingerprint density at radius 1 is 1.78 bits per heavy atom. The van der Waals surface area contributed by atoms with E-state index < -0.39 is 4.83 Å². The van der Waals surface area contributed by atoms with Crippen LogP contribution in [0.25, 0.3) is 0 Å². The van der Waals surface area contributed by atoms with Crippen LogP contribution >= 0.6 is 27.5 Å². The average Bonchev–Trinajstić information content (AvgIpc) is 1.84. The molecule has 2 nitrogen and oxygen atoms in total. The van der Waals surface area contributed by atoms with Gasteiger partial charge in [-0.1, -0.05) is 15.9 Å². The third-order valence-corrected chi connectivity index (χ3v) is 2.55. The van der Waals surface area contributed by atoms with E-state index in [4.69, 9.17) is 11.6 Å². The van der Waals surface area contributed by atoms with Gasteiger partial charge in [0.05, 0.1) is 12.5 Å². The number of halogens is 2. The highest BCUT2D eigenvalue weighted by atomic mass is 79.9. The molecule has 0 amide bonds. The Bertz CT molecular complexity index is 105. The maximum Gasteiger partial charge on any atom is 0.320 e. The fraction of sp³-hybridized carbons (Fsp3) is 0.800. The topological polar surface area (TPSA) is 26.3 Å². The van der Waals surface area contributed by atoms with Crippen molar-refractivity contribution in [3.63, 3.8) is 0 Å². The van der Waals surface area contributed by atoms with Crippen LogP contribution in [0, 0.1) is 0 Å². The van der Waals surface area contributed by atoms with Crippen LogP contribution < -0.4 is 0 Å². The first-order valence-corrected chi connectivity index (χ1v) is 3.80. The Morgan fingerprint density at radius 2 is 2.22 bits per heavy atom. The molecule has 2 atom stereocenters. The van der Waals surface area contributed by atoms with Gasteiger partial charge in [0.2, 0.25) is 0 Å². The van der Waals surface area contributed by atoms with E-state index in [1.807, 2.05) is 0 Å². The summed E-state index contributed by atoms with van der Waals surface area (Å²) in [5.41, 5.74) is 0. The van der Waals surface area contributed by atoms with Gasteiger partial charge >= 0.3 is 5.97 Å². The van der Waals surface area contributed by atoms with Crippen LogP contribution in [0.5, 0.6) is 0 Å². The summed E-state index contributed by atoms with van der Waals surface area (Å²) in [7, 11) is 1.33. The number of esters is 1. The second-order valence-corrected chi connectivity index (χ2v) is 3.28. The zero-order valence-corrected chi connectivity index (χ0v) is 7.57. The van der Waals surface area contributed by atoms with E-state index in [9.17, 15) is 4.79 Å². The molecule has 4 heteroatoms. The summed E-state index contributed by atoms with van der Waals surface area (Å²) in [5, 5.41) is -0.238. The molecule has 0 N–H and O–H groups in total. The molecule has 0 spiro atoms. The lowest BCUT2D eigenvalue weighted by molar-refractivity contribution is -0.139. The first-order chi connectivity index (χ1) is 4.09. The van der Waals surface area contributed by atoms with Crippen LogP contribution in [0.1, 0.15) is 6.92 Å². The van der Waals surface area contributed by atoms with Crippen molar-refractivity contribution < 1.29 is 9.53 Å². The van der Waals surface area contributed by atoms with Gasteiger partial charge in [0.25, 0.3) is 0 Å². The summed E-state index contributed by atoms with van der Waals surface area (Å²) in [6, 6.07) is 0. The highest BCUT2D eigenvalue weighted by molar-refractivity contribution is 9.10. The second-order valence-electron chi connectivity index (χ2n) is 1.60. The van der Waals surface area contributed by atoms with Crippen molar-refractivity contribution in [2.45, 2.75) is 17.1 Å². The van der Waals surface area contributed by atoms with Gasteiger partial charge in [-0.25, -0.2) is 0 Å². The maximum absolute atomic E-state index is 10.6. The van der Waals surface area contributed by atoms with Crippen molar-refractivity contribution >= 4 is 33.5 Å². The van der Waals surface area contributed by atoms with Gasteiger partial charge < -0.3 is 4.74 Å². The van der Waals surface area contributed by atoms with Crippen molar-refractivity contribution in [3.05, 3.63) is 0 Å². The number of methoxy groups -OCH3 is 1. The number of hydrogen-bond donors (Lipinski definition) is 0. The Labute approximate surface area is 67.6 Å². The standard InChI is InChI=1S/C5H8BrClO2/c1-3(7)4(6)5(8)9-2/h3-4H,1-2H3/t3-,4-/m1/s1. The van der Waals surface area contributed by atoms with Crippen LogP contribution in [-0.4, -0.2) is 23.3 Å². The Hall–Kier alpha value is 0.240. The van der Waals surface area contributed by atoms with E-state index in [0.717, 1.165) is 0 Å². The minimum Gasteiger partial charge on any atom is -0.468 e. The molecular weight excluding hydrogens is 207 g/mol. The molecule has 54 valence electrons. The van der Waals surface area contributed by atoms with Crippen LogP contribution in [0.2, 0.25) is 0 Å². The SMILES string of the molecule is COC(=O)[C@H](Br)[C@@H](C)Cl. The van der Waals surface area contributed by atoms with E-state index >= 15 is 0 Å². The fourth-order valence-corrected chi connectivity index (χ4v) is 0.590. The molecule has 0 bridgehead atoms. The van der Waals surface area contributed by atoms with Crippen molar-refractivity contribution in [2.24, 2.45) is 0 Å². The quantitative estimate of drug-likeness (QED) is 0.516. The number of alkyl halides is 2. The van der Waals surface area contributed by atoms with Crippen LogP contribution in [0.4, 0.5) is 0 Å². The molecule has 0 unspecified atom stereocenters. The lowest BCUT2D eigenvalue weighted by Crippen LogP contribution is -2.23. The molecule has 0 aromatic rings. The monoisotopic (exact) mass is 214 g/mol. The molecule has 0 aromatic heterocycles. The van der Waals surface area contributed by atoms with Crippen molar-refractivity contribution in [1.29, 1.82) is 0 Å². The second kappa shape index (κ2) is 4.12. The number of hydrogen-bond acceptors (Lipinski definition) is 2. The van der Waals surface area contributed by atoms with Crippen molar-refractivity contribution in [1.82, 2.24) is 0 Å². The van der Waals surface area contributed by atoms with Crippen molar-refractivity contribution in [2.75, 3.05) is 7.11 Å². The third kappa shape index (κ3) is 3.06. The zero-order chi connectivity index (χ0) is 7.44. The van der Waals surface area contributed by atoms with Gasteiger partial charge in [0, 0.05) is 0 Å². The van der Waals surface area contributed by atoms with Gasteiger partial charge in [-0.3, -0.25) is 4.79 Å². The molecule has 0 aliphatic carbocycles. The maximum atomic E-state index is 10.6. The zero-order valence-electron chi connectivity index (χ0n) is 5.23. The van der Waals surface area contributed by atoms with Crippen LogP contribution in [0.3, 0.4) is 0 Å². The largest absolute Gasteiger partial charge is 0.468 e. The first kappa shape index (κ1) is 9.24. The van der Waals surface area contributed by atoms with Gasteiger partial charge in [-0.2, -0.15) is 0 Å². The average molecular weight is 215 g/mol. The minimum absolute atomic E-state index is 0.238. The summed E-state index contributed by atoms with van der Waals surface area (Å²) in [5.74, 6) is -0.336. The van der Waals surface area contributed by atoms with Gasteiger partial charge in [0.15, 0.2) is 0 Å². The third-order valence-electron chi connectivity index (χ3n) is 0.830. The molecule has 0 saturated carbocycles. The molecule has 0 saturated heterocycles. The molecule has 0 fully saturated rings. The van der Waals surface area contributed by atoms with Gasteiger partial charge in [-0.15, -0.1) is 11.6 Å². The van der Waals surface area contributed by atoms with Crippen LogP contribution in [0.15, 0.2) is 0 Å². The molecule has 0 aliphatic rings. The summed E-state index contributed by atoms with van der Waals surface area (Å²) in [4.78, 5) is 10.2. The number of carbonyl (C=O) groups excluding carboxylic acids is 1. The van der Waals surface area contributed by atoms with E-state index in [-0.39, 0.29) is 11.3 Å². The number of rotatable bonds is 2. The Kier molecular flexibility index (Phi) is 4.23. The predicted octanol–water partition coefficient (Wildman–Crippen LogP) is 1.55. The van der Waals surface area contributed by atoms with Crippen molar-refractivity contribution in [3.8, 4) is 0 Å². The molecule has 9 heavy (non-hydrogen) atoms. The van der Waals surface area contributed by atoms with Gasteiger partial charge in [0.1, 0.15) is 4.83 Å². The first-order valence-electron chi connectivity index (χ1n) is 2.45. The summed E-state index contributed by atoms with van der Waals surface area (Å²) < 4.78 is 4.40. The lowest BCUT2D eigenvalue weighted by atomic mass is 10.3. The fourth-order valence-electron chi connectivity index (χ4n) is 0.300. The van der Waals surface area contributed by atoms with E-state index in [0.29, 0.717) is 0 Å².